The lowest BCUT2D eigenvalue weighted by Crippen LogP contribution is -2.29. The zero-order valence-corrected chi connectivity index (χ0v) is 19.2. The molecular formula is C24H18N11O2+. The van der Waals surface area contributed by atoms with Crippen molar-refractivity contribution in [3.8, 4) is 17.4 Å². The molecule has 5 heterocycles. The second-order valence-corrected chi connectivity index (χ2v) is 8.73. The van der Waals surface area contributed by atoms with Gasteiger partial charge in [-0.1, -0.05) is 0 Å². The number of aromatic amines is 1. The topological polar surface area (TPSA) is 159 Å². The highest BCUT2D eigenvalue weighted by atomic mass is 16.4. The van der Waals surface area contributed by atoms with Crippen molar-refractivity contribution in [2.24, 2.45) is 0 Å². The van der Waals surface area contributed by atoms with E-state index in [2.05, 4.69) is 42.0 Å². The van der Waals surface area contributed by atoms with Gasteiger partial charge in [-0.15, -0.1) is 15.3 Å². The van der Waals surface area contributed by atoms with Crippen LogP contribution in [0.2, 0.25) is 0 Å². The van der Waals surface area contributed by atoms with E-state index in [1.54, 1.807) is 29.5 Å². The third kappa shape index (κ3) is 3.82. The number of oxazole rings is 1. The summed E-state index contributed by atoms with van der Waals surface area (Å²) in [5.74, 6) is 0.0238. The minimum absolute atomic E-state index is 0.341. The highest BCUT2D eigenvalue weighted by molar-refractivity contribution is 5.74. The monoisotopic (exact) mass is 492 g/mol. The van der Waals surface area contributed by atoms with Crippen LogP contribution in [0.4, 0.5) is 17.2 Å². The molecule has 1 aliphatic carbocycles. The van der Waals surface area contributed by atoms with Crippen LogP contribution < -0.4 is 21.0 Å². The van der Waals surface area contributed by atoms with E-state index in [4.69, 9.17) is 4.42 Å². The van der Waals surface area contributed by atoms with Crippen molar-refractivity contribution < 1.29 is 8.98 Å². The third-order valence-corrected chi connectivity index (χ3v) is 6.07. The largest absolute Gasteiger partial charge is 0.417 e. The van der Waals surface area contributed by atoms with Crippen LogP contribution in [0.3, 0.4) is 0 Å². The summed E-state index contributed by atoms with van der Waals surface area (Å²) in [7, 11) is 0. The highest BCUT2D eigenvalue weighted by Crippen LogP contribution is 2.30. The maximum atomic E-state index is 11.6. The van der Waals surface area contributed by atoms with Crippen LogP contribution in [0.5, 0.6) is 0 Å². The quantitative estimate of drug-likeness (QED) is 0.296. The van der Waals surface area contributed by atoms with Gasteiger partial charge in [-0.05, 0) is 18.9 Å². The van der Waals surface area contributed by atoms with Gasteiger partial charge in [0, 0.05) is 36.0 Å². The Balaban J connectivity index is 1.34. The fourth-order valence-corrected chi connectivity index (χ4v) is 4.16. The molecule has 1 fully saturated rings. The molecule has 0 spiro atoms. The van der Waals surface area contributed by atoms with Crippen LogP contribution in [-0.4, -0.2) is 40.4 Å². The smallest absolute Gasteiger partial charge is 0.401 e. The van der Waals surface area contributed by atoms with E-state index in [-0.39, 0.29) is 0 Å². The molecule has 1 aliphatic rings. The molecule has 0 bridgehead atoms. The molecule has 7 rings (SSSR count). The van der Waals surface area contributed by atoms with Crippen molar-refractivity contribution in [2.75, 3.05) is 10.6 Å². The Hall–Kier alpha value is -5.51. The molecule has 0 radical (unpaired) electrons. The molecule has 3 N–H and O–H groups in total. The number of anilines is 3. The maximum absolute atomic E-state index is 11.6. The summed E-state index contributed by atoms with van der Waals surface area (Å²) in [5.41, 5.74) is 5.10. The molecular weight excluding hydrogens is 474 g/mol. The van der Waals surface area contributed by atoms with Crippen molar-refractivity contribution in [1.82, 2.24) is 34.3 Å². The number of benzene rings is 1. The van der Waals surface area contributed by atoms with Crippen molar-refractivity contribution in [3.63, 3.8) is 0 Å². The predicted molar refractivity (Wildman–Crippen MR) is 131 cm³/mol. The van der Waals surface area contributed by atoms with Crippen molar-refractivity contribution in [2.45, 2.75) is 18.9 Å². The molecule has 180 valence electrons. The Morgan fingerprint density at radius 2 is 2.05 bits per heavy atom. The minimum Gasteiger partial charge on any atom is -0.401 e. The van der Waals surface area contributed by atoms with Gasteiger partial charge >= 0.3 is 5.76 Å². The molecule has 0 saturated heterocycles. The van der Waals surface area contributed by atoms with Crippen molar-refractivity contribution >= 4 is 33.9 Å². The van der Waals surface area contributed by atoms with Gasteiger partial charge < -0.3 is 15.1 Å². The standard InChI is InChI=1S/C24H17N11O2/c25-9-18-10-26-23-20(29-14-1-2-14)8-22(32-35(18)23)30-15-5-16(7-17(6-15)34-12-27-28-13-34)33-4-3-19-21(11-33)37-24(36)31-19/h3-8,10-14H,1-2H2,(H2,29,30,32)/p+1. The second-order valence-electron chi connectivity index (χ2n) is 8.73. The molecule has 0 unspecified atom stereocenters. The van der Waals surface area contributed by atoms with Gasteiger partial charge in [0.15, 0.2) is 23.4 Å². The third-order valence-electron chi connectivity index (χ3n) is 6.07. The normalized spacial score (nSPS) is 13.2. The molecule has 0 atom stereocenters. The van der Waals surface area contributed by atoms with Gasteiger partial charge in [0.1, 0.15) is 18.7 Å². The molecule has 1 saturated carbocycles. The average Bonchev–Trinajstić information content (AvgIpc) is 3.27. The SMILES string of the molecule is N#Cc1cnc2c(NC3CC3)cc(Nc3cc(-n4cnnc4)cc(-[n+]4ccc5[nH]c(=O)oc5c4)c3)nn12. The first-order valence-corrected chi connectivity index (χ1v) is 11.5. The number of pyridine rings is 1. The number of imidazole rings is 1. The Bertz CT molecular complexity index is 1890. The Labute approximate surface area is 207 Å². The van der Waals surface area contributed by atoms with Crippen LogP contribution in [-0.2, 0) is 0 Å². The van der Waals surface area contributed by atoms with E-state index in [1.165, 1.54) is 10.7 Å². The van der Waals surface area contributed by atoms with E-state index in [0.717, 1.165) is 35.6 Å². The summed E-state index contributed by atoms with van der Waals surface area (Å²) in [6.45, 7) is 0. The maximum Gasteiger partial charge on any atom is 0.417 e. The molecule has 1 aromatic carbocycles. The summed E-state index contributed by atoms with van der Waals surface area (Å²) in [6.07, 6.45) is 10.5. The van der Waals surface area contributed by atoms with Crippen molar-refractivity contribution in [1.29, 1.82) is 5.26 Å². The van der Waals surface area contributed by atoms with Gasteiger partial charge in [-0.3, -0.25) is 9.55 Å². The van der Waals surface area contributed by atoms with Gasteiger partial charge in [0.25, 0.3) is 0 Å². The fourth-order valence-electron chi connectivity index (χ4n) is 4.16. The van der Waals surface area contributed by atoms with Gasteiger partial charge in [-0.2, -0.15) is 14.3 Å². The number of fused-ring (bicyclic) bond motifs is 2. The van der Waals surface area contributed by atoms with E-state index in [9.17, 15) is 10.1 Å². The Morgan fingerprint density at radius 3 is 2.86 bits per heavy atom. The van der Waals surface area contributed by atoms with E-state index >= 15 is 0 Å². The van der Waals surface area contributed by atoms with E-state index < -0.39 is 5.76 Å². The fraction of sp³-hybridized carbons (Fsp3) is 0.125. The number of nitriles is 1. The summed E-state index contributed by atoms with van der Waals surface area (Å²) in [6, 6.07) is 12.0. The Kier molecular flexibility index (Phi) is 4.52. The molecule has 37 heavy (non-hydrogen) atoms. The van der Waals surface area contributed by atoms with Gasteiger partial charge in [-0.25, -0.2) is 9.78 Å². The number of hydrogen-bond acceptors (Lipinski definition) is 9. The van der Waals surface area contributed by atoms with Crippen LogP contribution in [0.1, 0.15) is 18.5 Å². The van der Waals surface area contributed by atoms with Crippen LogP contribution >= 0.6 is 0 Å². The van der Waals surface area contributed by atoms with E-state index in [1.807, 2.05) is 35.0 Å². The lowest BCUT2D eigenvalue weighted by molar-refractivity contribution is -0.594. The number of nitrogens with one attached hydrogen (secondary N) is 3. The summed E-state index contributed by atoms with van der Waals surface area (Å²) >= 11 is 0. The van der Waals surface area contributed by atoms with Gasteiger partial charge in [0.2, 0.25) is 17.5 Å². The molecule has 0 aliphatic heterocycles. The number of rotatable bonds is 6. The zero-order chi connectivity index (χ0) is 24.9. The lowest BCUT2D eigenvalue weighted by atomic mass is 10.2. The first kappa shape index (κ1) is 20.8. The summed E-state index contributed by atoms with van der Waals surface area (Å²) in [5, 5.41) is 28.8. The summed E-state index contributed by atoms with van der Waals surface area (Å²) in [4.78, 5) is 18.7. The molecule has 0 amide bonds. The summed E-state index contributed by atoms with van der Waals surface area (Å²) < 4.78 is 10.4. The highest BCUT2D eigenvalue weighted by Gasteiger charge is 2.23. The first-order valence-electron chi connectivity index (χ1n) is 11.5. The second kappa shape index (κ2) is 8.02. The number of nitrogens with zero attached hydrogens (tertiary/aromatic N) is 8. The average molecular weight is 492 g/mol. The number of H-pyrrole nitrogens is 1. The van der Waals surface area contributed by atoms with Crippen LogP contribution in [0.15, 0.2) is 70.8 Å². The van der Waals surface area contributed by atoms with Gasteiger partial charge in [0.05, 0.1) is 23.1 Å². The first-order chi connectivity index (χ1) is 18.1. The predicted octanol–water partition coefficient (Wildman–Crippen LogP) is 2.21. The minimum atomic E-state index is -0.512. The van der Waals surface area contributed by atoms with Crippen LogP contribution in [0, 0.1) is 11.3 Å². The van der Waals surface area contributed by atoms with E-state index in [0.29, 0.717) is 34.3 Å². The zero-order valence-electron chi connectivity index (χ0n) is 19.2. The molecule has 5 aromatic heterocycles. The van der Waals surface area contributed by atoms with Crippen molar-refractivity contribution in [3.05, 3.63) is 77.8 Å². The number of aromatic nitrogens is 8. The van der Waals surface area contributed by atoms with Crippen LogP contribution in [0.25, 0.3) is 28.1 Å². The Morgan fingerprint density at radius 1 is 1.19 bits per heavy atom. The lowest BCUT2D eigenvalue weighted by Gasteiger charge is -2.12. The molecule has 6 aromatic rings. The number of hydrogen-bond donors (Lipinski definition) is 3. The molecule has 13 nitrogen and oxygen atoms in total. The molecule has 13 heteroatoms.